The number of aromatic amines is 1. The fourth-order valence-electron chi connectivity index (χ4n) is 3.65. The van der Waals surface area contributed by atoms with E-state index in [9.17, 15) is 4.79 Å². The van der Waals surface area contributed by atoms with Gasteiger partial charge in [0.05, 0.1) is 17.1 Å². The molecule has 5 nitrogen and oxygen atoms in total. The van der Waals surface area contributed by atoms with Crippen LogP contribution in [0.2, 0.25) is 0 Å². The Hall–Kier alpha value is -2.56. The molecule has 1 aromatic carbocycles. The number of imidazole rings is 1. The molecule has 124 valence electrons. The first-order valence-corrected chi connectivity index (χ1v) is 8.59. The minimum Gasteiger partial charge on any atom is -0.348 e. The van der Waals surface area contributed by atoms with Crippen molar-refractivity contribution < 1.29 is 4.79 Å². The van der Waals surface area contributed by atoms with Crippen molar-refractivity contribution in [2.75, 3.05) is 6.54 Å². The lowest BCUT2D eigenvalue weighted by Gasteiger charge is -2.36. The number of fused-ring (bicyclic) bond motifs is 2. The number of nitrogens with one attached hydrogen (secondary N) is 1. The smallest absolute Gasteiger partial charge is 0.290 e. The van der Waals surface area contributed by atoms with Gasteiger partial charge in [0, 0.05) is 25.0 Å². The molecule has 1 atom stereocenters. The van der Waals surface area contributed by atoms with Crippen molar-refractivity contribution in [1.82, 2.24) is 19.4 Å². The van der Waals surface area contributed by atoms with Gasteiger partial charge in [0.2, 0.25) is 0 Å². The maximum atomic E-state index is 13.1. The third kappa shape index (κ3) is 2.40. The second kappa shape index (κ2) is 5.82. The van der Waals surface area contributed by atoms with Gasteiger partial charge in [-0.2, -0.15) is 0 Å². The Kier molecular flexibility index (Phi) is 3.63. The van der Waals surface area contributed by atoms with E-state index in [4.69, 9.17) is 0 Å². The van der Waals surface area contributed by atoms with E-state index in [0.29, 0.717) is 5.82 Å². The molecule has 0 radical (unpaired) electrons. The van der Waals surface area contributed by atoms with Crippen molar-refractivity contribution in [2.24, 2.45) is 0 Å². The molecular formula is C19H22N4O. The highest BCUT2D eigenvalue weighted by molar-refractivity contribution is 5.94. The van der Waals surface area contributed by atoms with E-state index in [2.05, 4.69) is 39.8 Å². The SMILES string of the molecule is CCC[C@H]1c2cccn2CCN1C(=O)c1nc2ccc(C)cc2[nH]1. The highest BCUT2D eigenvalue weighted by atomic mass is 16.2. The van der Waals surface area contributed by atoms with Crippen LogP contribution in [0.5, 0.6) is 0 Å². The molecular weight excluding hydrogens is 300 g/mol. The summed E-state index contributed by atoms with van der Waals surface area (Å²) in [7, 11) is 0. The molecule has 3 heterocycles. The zero-order valence-corrected chi connectivity index (χ0v) is 14.1. The first-order valence-electron chi connectivity index (χ1n) is 8.59. The van der Waals surface area contributed by atoms with Gasteiger partial charge in [-0.15, -0.1) is 0 Å². The molecule has 1 aliphatic rings. The fraction of sp³-hybridized carbons (Fsp3) is 0.368. The molecule has 1 N–H and O–H groups in total. The summed E-state index contributed by atoms with van der Waals surface area (Å²) in [5.74, 6) is 0.437. The van der Waals surface area contributed by atoms with E-state index in [-0.39, 0.29) is 11.9 Å². The average molecular weight is 322 g/mol. The molecule has 5 heteroatoms. The summed E-state index contributed by atoms with van der Waals surface area (Å²) in [5.41, 5.74) is 4.15. The number of aromatic nitrogens is 3. The van der Waals surface area contributed by atoms with Crippen molar-refractivity contribution in [3.8, 4) is 0 Å². The van der Waals surface area contributed by atoms with Crippen LogP contribution < -0.4 is 0 Å². The Morgan fingerprint density at radius 2 is 2.21 bits per heavy atom. The molecule has 0 saturated carbocycles. The summed E-state index contributed by atoms with van der Waals surface area (Å²) in [5, 5.41) is 0. The Bertz CT molecular complexity index is 892. The van der Waals surface area contributed by atoms with Gasteiger partial charge in [-0.25, -0.2) is 4.98 Å². The zero-order chi connectivity index (χ0) is 16.7. The van der Waals surface area contributed by atoms with Crippen LogP contribution >= 0.6 is 0 Å². The van der Waals surface area contributed by atoms with E-state index in [1.54, 1.807) is 0 Å². The van der Waals surface area contributed by atoms with Crippen LogP contribution in [-0.4, -0.2) is 31.9 Å². The largest absolute Gasteiger partial charge is 0.348 e. The minimum atomic E-state index is -0.00486. The summed E-state index contributed by atoms with van der Waals surface area (Å²) in [6.07, 6.45) is 4.11. The maximum absolute atomic E-state index is 13.1. The quantitative estimate of drug-likeness (QED) is 0.800. The van der Waals surface area contributed by atoms with Gasteiger partial charge in [-0.1, -0.05) is 19.4 Å². The van der Waals surface area contributed by atoms with Gasteiger partial charge in [-0.3, -0.25) is 4.79 Å². The van der Waals surface area contributed by atoms with Crippen LogP contribution in [0.15, 0.2) is 36.5 Å². The zero-order valence-electron chi connectivity index (χ0n) is 14.1. The van der Waals surface area contributed by atoms with E-state index in [1.165, 1.54) is 5.69 Å². The van der Waals surface area contributed by atoms with Gasteiger partial charge >= 0.3 is 0 Å². The summed E-state index contributed by atoms with van der Waals surface area (Å²) in [6.45, 7) is 5.77. The van der Waals surface area contributed by atoms with Gasteiger partial charge in [0.1, 0.15) is 0 Å². The van der Waals surface area contributed by atoms with Gasteiger partial charge in [-0.05, 0) is 43.2 Å². The highest BCUT2D eigenvalue weighted by Crippen LogP contribution is 2.31. The van der Waals surface area contributed by atoms with Crippen molar-refractivity contribution in [1.29, 1.82) is 0 Å². The number of amides is 1. The lowest BCUT2D eigenvalue weighted by Crippen LogP contribution is -2.42. The van der Waals surface area contributed by atoms with Gasteiger partial charge in [0.25, 0.3) is 5.91 Å². The van der Waals surface area contributed by atoms with Crippen LogP contribution in [0.4, 0.5) is 0 Å². The Morgan fingerprint density at radius 3 is 3.04 bits per heavy atom. The molecule has 0 bridgehead atoms. The second-order valence-electron chi connectivity index (χ2n) is 6.54. The van der Waals surface area contributed by atoms with Crippen LogP contribution in [-0.2, 0) is 6.54 Å². The molecule has 24 heavy (non-hydrogen) atoms. The van der Waals surface area contributed by atoms with Gasteiger partial charge in [0.15, 0.2) is 5.82 Å². The molecule has 1 aliphatic heterocycles. The average Bonchev–Trinajstić information content (AvgIpc) is 3.20. The summed E-state index contributed by atoms with van der Waals surface area (Å²) in [4.78, 5) is 22.8. The van der Waals surface area contributed by atoms with Gasteiger partial charge < -0.3 is 14.5 Å². The third-order valence-electron chi connectivity index (χ3n) is 4.83. The van der Waals surface area contributed by atoms with Crippen molar-refractivity contribution in [3.63, 3.8) is 0 Å². The second-order valence-corrected chi connectivity index (χ2v) is 6.54. The van der Waals surface area contributed by atoms with E-state index in [1.807, 2.05) is 30.0 Å². The molecule has 0 saturated heterocycles. The number of hydrogen-bond donors (Lipinski definition) is 1. The number of rotatable bonds is 3. The first kappa shape index (κ1) is 15.0. The fourth-order valence-corrected chi connectivity index (χ4v) is 3.65. The number of H-pyrrole nitrogens is 1. The maximum Gasteiger partial charge on any atom is 0.290 e. The number of benzene rings is 1. The molecule has 0 spiro atoms. The number of nitrogens with zero attached hydrogens (tertiary/aromatic N) is 3. The number of hydrogen-bond acceptors (Lipinski definition) is 2. The predicted octanol–water partition coefficient (Wildman–Crippen LogP) is 3.67. The first-order chi connectivity index (χ1) is 11.7. The predicted molar refractivity (Wildman–Crippen MR) is 93.9 cm³/mol. The van der Waals surface area contributed by atoms with Crippen molar-refractivity contribution >= 4 is 16.9 Å². The van der Waals surface area contributed by atoms with Crippen LogP contribution in [0, 0.1) is 6.92 Å². The Balaban J connectivity index is 1.69. The van der Waals surface area contributed by atoms with Crippen molar-refractivity contribution in [2.45, 2.75) is 39.3 Å². The molecule has 1 amide bonds. The van der Waals surface area contributed by atoms with Crippen LogP contribution in [0.3, 0.4) is 0 Å². The highest BCUT2D eigenvalue weighted by Gasteiger charge is 2.32. The molecule has 0 fully saturated rings. The van der Waals surface area contributed by atoms with Crippen LogP contribution in [0.25, 0.3) is 11.0 Å². The summed E-state index contributed by atoms with van der Waals surface area (Å²) < 4.78 is 2.26. The summed E-state index contributed by atoms with van der Waals surface area (Å²) >= 11 is 0. The molecule has 3 aromatic rings. The number of carbonyl (C=O) groups excluding carboxylic acids is 1. The summed E-state index contributed by atoms with van der Waals surface area (Å²) in [6, 6.07) is 10.3. The molecule has 4 rings (SSSR count). The molecule has 0 aliphatic carbocycles. The van der Waals surface area contributed by atoms with Crippen molar-refractivity contribution in [3.05, 3.63) is 53.6 Å². The minimum absolute atomic E-state index is 0.00486. The topological polar surface area (TPSA) is 53.9 Å². The Labute approximate surface area is 141 Å². The van der Waals surface area contributed by atoms with E-state index in [0.717, 1.165) is 42.5 Å². The lowest BCUT2D eigenvalue weighted by atomic mass is 10.0. The lowest BCUT2D eigenvalue weighted by molar-refractivity contribution is 0.0599. The van der Waals surface area contributed by atoms with Crippen LogP contribution in [0.1, 0.15) is 47.7 Å². The Morgan fingerprint density at radius 1 is 1.33 bits per heavy atom. The molecule has 0 unspecified atom stereocenters. The third-order valence-corrected chi connectivity index (χ3v) is 4.83. The molecule has 2 aromatic heterocycles. The van der Waals surface area contributed by atoms with E-state index >= 15 is 0 Å². The number of aryl methyl sites for hydroxylation is 1. The monoisotopic (exact) mass is 322 g/mol. The normalized spacial score (nSPS) is 17.2. The standard InChI is InChI=1S/C19H22N4O/c1-3-5-17-16-6-4-9-22(16)10-11-23(17)19(24)18-20-14-8-7-13(2)12-15(14)21-18/h4,6-9,12,17H,3,5,10-11H2,1-2H3,(H,20,21)/t17-/m0/s1. The van der Waals surface area contributed by atoms with E-state index < -0.39 is 0 Å². The number of carbonyl (C=O) groups is 1.